The largest absolute Gasteiger partial charge is 0.394 e. The lowest BCUT2D eigenvalue weighted by Gasteiger charge is -2.20. The minimum absolute atomic E-state index is 0.130. The summed E-state index contributed by atoms with van der Waals surface area (Å²) in [6.07, 6.45) is 5.07. The molecule has 0 unspecified atom stereocenters. The molecule has 0 atom stereocenters. The van der Waals surface area contributed by atoms with Crippen LogP contribution in [0.5, 0.6) is 0 Å². The van der Waals surface area contributed by atoms with E-state index in [4.69, 9.17) is 5.73 Å². The van der Waals surface area contributed by atoms with Crippen LogP contribution in [0.4, 0.5) is 5.69 Å². The zero-order chi connectivity index (χ0) is 15.0. The fraction of sp³-hybridized carbons (Fsp3) is 0.389. The van der Waals surface area contributed by atoms with Gasteiger partial charge in [0.1, 0.15) is 5.69 Å². The first kappa shape index (κ1) is 13.9. The summed E-state index contributed by atoms with van der Waals surface area (Å²) in [6.45, 7) is 4.21. The number of benzene rings is 1. The van der Waals surface area contributed by atoms with Gasteiger partial charge in [-0.3, -0.25) is 4.79 Å². The average molecular weight is 282 g/mol. The van der Waals surface area contributed by atoms with Crippen molar-refractivity contribution in [1.82, 2.24) is 4.98 Å². The Morgan fingerprint density at radius 3 is 2.48 bits per heavy atom. The molecule has 0 radical (unpaired) electrons. The molecule has 3 nitrogen and oxygen atoms in total. The highest BCUT2D eigenvalue weighted by atomic mass is 16.1. The number of H-pyrrole nitrogens is 1. The van der Waals surface area contributed by atoms with E-state index >= 15 is 0 Å². The second kappa shape index (κ2) is 5.40. The molecule has 21 heavy (non-hydrogen) atoms. The van der Waals surface area contributed by atoms with Crippen molar-refractivity contribution in [3.63, 3.8) is 0 Å². The highest BCUT2D eigenvalue weighted by molar-refractivity contribution is 5.53. The summed E-state index contributed by atoms with van der Waals surface area (Å²) in [5, 5.41) is 0. The van der Waals surface area contributed by atoms with Gasteiger partial charge in [0.2, 0.25) is 0 Å². The minimum atomic E-state index is -0.130. The third-order valence-corrected chi connectivity index (χ3v) is 4.33. The van der Waals surface area contributed by atoms with Crippen molar-refractivity contribution in [2.75, 3.05) is 5.73 Å². The van der Waals surface area contributed by atoms with Crippen LogP contribution < -0.4 is 11.3 Å². The third-order valence-electron chi connectivity index (χ3n) is 4.33. The number of rotatable bonds is 2. The molecule has 1 aromatic carbocycles. The van der Waals surface area contributed by atoms with E-state index in [1.807, 2.05) is 0 Å². The van der Waals surface area contributed by atoms with Crippen molar-refractivity contribution in [3.8, 4) is 0 Å². The molecule has 1 aromatic heterocycles. The van der Waals surface area contributed by atoms with Crippen LogP contribution in [0.25, 0.3) is 0 Å². The van der Waals surface area contributed by atoms with E-state index in [-0.39, 0.29) is 5.56 Å². The molecule has 3 heteroatoms. The van der Waals surface area contributed by atoms with Crippen LogP contribution in [0.2, 0.25) is 0 Å². The molecular weight excluding hydrogens is 260 g/mol. The topological polar surface area (TPSA) is 58.9 Å². The van der Waals surface area contributed by atoms with Crippen LogP contribution in [-0.4, -0.2) is 4.98 Å². The zero-order valence-corrected chi connectivity index (χ0v) is 12.8. The van der Waals surface area contributed by atoms with Gasteiger partial charge in [0.05, 0.1) is 0 Å². The van der Waals surface area contributed by atoms with E-state index in [1.54, 1.807) is 0 Å². The van der Waals surface area contributed by atoms with E-state index in [0.717, 1.165) is 36.9 Å². The monoisotopic (exact) mass is 282 g/mol. The van der Waals surface area contributed by atoms with Crippen molar-refractivity contribution >= 4 is 5.69 Å². The van der Waals surface area contributed by atoms with Gasteiger partial charge in [0, 0.05) is 12.1 Å². The highest BCUT2D eigenvalue weighted by Crippen LogP contribution is 2.27. The van der Waals surface area contributed by atoms with Gasteiger partial charge in [-0.25, -0.2) is 0 Å². The standard InChI is InChI=1S/C18H22N2O/c1-11-7-12(2)9-13(8-11)10-15-14-5-3-4-6-16(14)20-18(21)17(15)19/h7-9H,3-6,10,19H2,1-2H3,(H,20,21). The van der Waals surface area contributed by atoms with Gasteiger partial charge in [-0.2, -0.15) is 0 Å². The Hall–Kier alpha value is -2.03. The molecule has 0 aliphatic heterocycles. The van der Waals surface area contributed by atoms with E-state index in [1.165, 1.54) is 28.7 Å². The summed E-state index contributed by atoms with van der Waals surface area (Å²) in [5.74, 6) is 0. The van der Waals surface area contributed by atoms with Gasteiger partial charge in [-0.05, 0) is 56.2 Å². The van der Waals surface area contributed by atoms with E-state index < -0.39 is 0 Å². The summed E-state index contributed by atoms with van der Waals surface area (Å²) in [5.41, 5.74) is 13.5. The van der Waals surface area contributed by atoms with Gasteiger partial charge >= 0.3 is 0 Å². The summed E-state index contributed by atoms with van der Waals surface area (Å²) in [6, 6.07) is 6.53. The molecule has 0 spiro atoms. The molecule has 1 aliphatic rings. The first-order valence-corrected chi connectivity index (χ1v) is 7.64. The quantitative estimate of drug-likeness (QED) is 0.889. The number of aromatic amines is 1. The molecule has 3 rings (SSSR count). The number of hydrogen-bond acceptors (Lipinski definition) is 2. The molecule has 0 saturated heterocycles. The lowest BCUT2D eigenvalue weighted by atomic mass is 9.88. The summed E-state index contributed by atoms with van der Waals surface area (Å²) < 4.78 is 0. The van der Waals surface area contributed by atoms with Crippen LogP contribution >= 0.6 is 0 Å². The molecular formula is C18H22N2O. The second-order valence-corrected chi connectivity index (χ2v) is 6.18. The Kier molecular flexibility index (Phi) is 3.58. The fourth-order valence-electron chi connectivity index (χ4n) is 3.46. The van der Waals surface area contributed by atoms with Crippen molar-refractivity contribution in [1.29, 1.82) is 0 Å². The number of pyridine rings is 1. The summed E-state index contributed by atoms with van der Waals surface area (Å²) in [4.78, 5) is 15.0. The number of nitrogens with one attached hydrogen (secondary N) is 1. The minimum Gasteiger partial charge on any atom is -0.394 e. The number of aryl methyl sites for hydroxylation is 3. The normalized spacial score (nSPS) is 14.0. The smallest absolute Gasteiger partial charge is 0.271 e. The maximum atomic E-state index is 12.1. The molecule has 2 aromatic rings. The second-order valence-electron chi connectivity index (χ2n) is 6.18. The Morgan fingerprint density at radius 1 is 1.10 bits per heavy atom. The van der Waals surface area contributed by atoms with E-state index in [2.05, 4.69) is 37.0 Å². The molecule has 0 fully saturated rings. The van der Waals surface area contributed by atoms with Gasteiger partial charge < -0.3 is 10.7 Å². The molecule has 1 heterocycles. The molecule has 110 valence electrons. The van der Waals surface area contributed by atoms with Gasteiger partial charge in [-0.1, -0.05) is 29.3 Å². The number of nitrogens with two attached hydrogens (primary N) is 1. The lowest BCUT2D eigenvalue weighted by molar-refractivity contribution is 0.660. The van der Waals surface area contributed by atoms with Crippen LogP contribution in [0.15, 0.2) is 23.0 Å². The molecule has 0 amide bonds. The van der Waals surface area contributed by atoms with Crippen LogP contribution in [-0.2, 0) is 19.3 Å². The number of aromatic nitrogens is 1. The van der Waals surface area contributed by atoms with Gasteiger partial charge in [-0.15, -0.1) is 0 Å². The van der Waals surface area contributed by atoms with Gasteiger partial charge in [0.25, 0.3) is 5.56 Å². The Labute approximate surface area is 125 Å². The highest BCUT2D eigenvalue weighted by Gasteiger charge is 2.18. The SMILES string of the molecule is Cc1cc(C)cc(Cc2c3c([nH]c(=O)c2N)CCCC3)c1. The maximum Gasteiger partial charge on any atom is 0.271 e. The average Bonchev–Trinajstić information content (AvgIpc) is 2.43. The lowest BCUT2D eigenvalue weighted by Crippen LogP contribution is -2.22. The Bertz CT molecular complexity index is 723. The third kappa shape index (κ3) is 2.73. The predicted octanol–water partition coefficient (Wildman–Crippen LogP) is 3.04. The van der Waals surface area contributed by atoms with Crippen molar-refractivity contribution in [2.45, 2.75) is 46.0 Å². The zero-order valence-electron chi connectivity index (χ0n) is 12.8. The predicted molar refractivity (Wildman–Crippen MR) is 86.8 cm³/mol. The van der Waals surface area contributed by atoms with E-state index in [0.29, 0.717) is 5.69 Å². The van der Waals surface area contributed by atoms with Crippen LogP contribution in [0, 0.1) is 13.8 Å². The van der Waals surface area contributed by atoms with Crippen LogP contribution in [0.1, 0.15) is 46.4 Å². The fourth-order valence-corrected chi connectivity index (χ4v) is 3.46. The molecule has 0 saturated carbocycles. The van der Waals surface area contributed by atoms with E-state index in [9.17, 15) is 4.79 Å². The first-order valence-electron chi connectivity index (χ1n) is 7.64. The number of fused-ring (bicyclic) bond motifs is 1. The maximum absolute atomic E-state index is 12.1. The number of anilines is 1. The van der Waals surface area contributed by atoms with Gasteiger partial charge in [0.15, 0.2) is 0 Å². The van der Waals surface area contributed by atoms with Crippen molar-refractivity contribution in [3.05, 3.63) is 62.1 Å². The Morgan fingerprint density at radius 2 is 1.76 bits per heavy atom. The summed E-state index contributed by atoms with van der Waals surface area (Å²) in [7, 11) is 0. The Balaban J connectivity index is 2.09. The molecule has 3 N–H and O–H groups in total. The molecule has 1 aliphatic carbocycles. The molecule has 0 bridgehead atoms. The first-order chi connectivity index (χ1) is 10.0. The van der Waals surface area contributed by atoms with Crippen LogP contribution in [0.3, 0.4) is 0 Å². The summed E-state index contributed by atoms with van der Waals surface area (Å²) >= 11 is 0. The number of hydrogen-bond donors (Lipinski definition) is 2. The van der Waals surface area contributed by atoms with Crippen molar-refractivity contribution < 1.29 is 0 Å². The van der Waals surface area contributed by atoms with Crippen molar-refractivity contribution in [2.24, 2.45) is 0 Å². The number of nitrogen functional groups attached to an aromatic ring is 1.